The lowest BCUT2D eigenvalue weighted by atomic mass is 10.2. The predicted molar refractivity (Wildman–Crippen MR) is 61.8 cm³/mol. The van der Waals surface area contributed by atoms with E-state index in [0.717, 1.165) is 4.68 Å². The van der Waals surface area contributed by atoms with Crippen molar-refractivity contribution in [3.63, 3.8) is 0 Å². The van der Waals surface area contributed by atoms with Gasteiger partial charge >= 0.3 is 5.97 Å². The van der Waals surface area contributed by atoms with E-state index >= 15 is 0 Å². The zero-order valence-electron chi connectivity index (χ0n) is 8.50. The van der Waals surface area contributed by atoms with Crippen molar-refractivity contribution in [1.29, 1.82) is 0 Å². The number of hydrogen-bond donors (Lipinski definition) is 1. The van der Waals surface area contributed by atoms with E-state index in [9.17, 15) is 9.59 Å². The fourth-order valence-electron chi connectivity index (χ4n) is 1.32. The van der Waals surface area contributed by atoms with Crippen LogP contribution in [0.2, 0.25) is 5.15 Å². The molecule has 0 fully saturated rings. The molecule has 0 saturated carbocycles. The Balaban J connectivity index is 2.50. The molecule has 6 heteroatoms. The highest BCUT2D eigenvalue weighted by atomic mass is 35.5. The standard InChI is InChI=1S/C11H7ClN2O3/c12-9-5-6-10(15)14(13-9)8-3-1-7(2-4-8)11(16)17/h1-6H,(H,16,17). The van der Waals surface area contributed by atoms with Crippen molar-refractivity contribution >= 4 is 17.6 Å². The Morgan fingerprint density at radius 1 is 1.18 bits per heavy atom. The lowest BCUT2D eigenvalue weighted by Gasteiger charge is -2.04. The van der Waals surface area contributed by atoms with Crippen LogP contribution in [-0.2, 0) is 0 Å². The second kappa shape index (κ2) is 4.39. The first-order valence-corrected chi connectivity index (χ1v) is 5.05. The first kappa shape index (κ1) is 11.3. The van der Waals surface area contributed by atoms with Crippen molar-refractivity contribution in [1.82, 2.24) is 9.78 Å². The summed E-state index contributed by atoms with van der Waals surface area (Å²) in [6.45, 7) is 0. The van der Waals surface area contributed by atoms with Crippen molar-refractivity contribution < 1.29 is 9.90 Å². The molecule has 0 unspecified atom stereocenters. The van der Waals surface area contributed by atoms with Gasteiger partial charge in [0.1, 0.15) is 5.15 Å². The second-order valence-electron chi connectivity index (χ2n) is 3.26. The van der Waals surface area contributed by atoms with Crippen LogP contribution in [0.5, 0.6) is 0 Å². The summed E-state index contributed by atoms with van der Waals surface area (Å²) in [5.41, 5.74) is 0.267. The van der Waals surface area contributed by atoms with Gasteiger partial charge in [0.15, 0.2) is 0 Å². The SMILES string of the molecule is O=C(O)c1ccc(-n2nc(Cl)ccc2=O)cc1. The van der Waals surface area contributed by atoms with Crippen LogP contribution >= 0.6 is 11.6 Å². The Labute approximate surface area is 101 Å². The van der Waals surface area contributed by atoms with Crippen molar-refractivity contribution in [3.05, 3.63) is 57.5 Å². The number of aromatic carboxylic acids is 1. The molecule has 0 aliphatic heterocycles. The first-order chi connectivity index (χ1) is 8.08. The van der Waals surface area contributed by atoms with Crippen LogP contribution < -0.4 is 5.56 Å². The number of carbonyl (C=O) groups is 1. The van der Waals surface area contributed by atoms with Gasteiger partial charge in [0, 0.05) is 6.07 Å². The van der Waals surface area contributed by atoms with Gasteiger partial charge in [-0.2, -0.15) is 9.78 Å². The minimum Gasteiger partial charge on any atom is -0.478 e. The molecule has 2 aromatic rings. The molecule has 0 spiro atoms. The molecule has 1 aromatic carbocycles. The van der Waals surface area contributed by atoms with Crippen LogP contribution in [-0.4, -0.2) is 20.9 Å². The van der Waals surface area contributed by atoms with Crippen LogP contribution in [0.4, 0.5) is 0 Å². The number of aromatic nitrogens is 2. The highest BCUT2D eigenvalue weighted by Gasteiger charge is 2.05. The smallest absolute Gasteiger partial charge is 0.335 e. The van der Waals surface area contributed by atoms with Crippen LogP contribution in [0, 0.1) is 0 Å². The summed E-state index contributed by atoms with van der Waals surface area (Å²) in [6.07, 6.45) is 0. The van der Waals surface area contributed by atoms with E-state index in [-0.39, 0.29) is 16.3 Å². The number of halogens is 1. The van der Waals surface area contributed by atoms with E-state index in [4.69, 9.17) is 16.7 Å². The Morgan fingerprint density at radius 2 is 1.82 bits per heavy atom. The quantitative estimate of drug-likeness (QED) is 0.878. The second-order valence-corrected chi connectivity index (χ2v) is 3.65. The molecular weight excluding hydrogens is 244 g/mol. The zero-order chi connectivity index (χ0) is 12.4. The van der Waals surface area contributed by atoms with Gasteiger partial charge < -0.3 is 5.11 Å². The molecule has 0 saturated heterocycles. The van der Waals surface area contributed by atoms with Crippen molar-refractivity contribution in [3.8, 4) is 5.69 Å². The number of hydrogen-bond acceptors (Lipinski definition) is 3. The van der Waals surface area contributed by atoms with E-state index in [1.54, 1.807) is 0 Å². The third-order valence-electron chi connectivity index (χ3n) is 2.13. The molecule has 0 amide bonds. The Kier molecular flexibility index (Phi) is 2.93. The number of carboxylic acid groups (broad SMARTS) is 1. The highest BCUT2D eigenvalue weighted by molar-refractivity contribution is 6.29. The average molecular weight is 251 g/mol. The molecule has 1 aromatic heterocycles. The first-order valence-electron chi connectivity index (χ1n) is 4.67. The van der Waals surface area contributed by atoms with Gasteiger partial charge in [-0.1, -0.05) is 11.6 Å². The van der Waals surface area contributed by atoms with Gasteiger partial charge in [-0.05, 0) is 30.3 Å². The van der Waals surface area contributed by atoms with Crippen molar-refractivity contribution in [2.75, 3.05) is 0 Å². The topological polar surface area (TPSA) is 72.2 Å². The molecule has 0 radical (unpaired) electrons. The molecule has 0 aliphatic carbocycles. The van der Waals surface area contributed by atoms with Gasteiger partial charge in [-0.25, -0.2) is 4.79 Å². The zero-order valence-corrected chi connectivity index (χ0v) is 9.26. The average Bonchev–Trinajstić information content (AvgIpc) is 2.32. The Hall–Kier alpha value is -2.14. The summed E-state index contributed by atoms with van der Waals surface area (Å²) in [5, 5.41) is 12.8. The minimum atomic E-state index is -1.03. The summed E-state index contributed by atoms with van der Waals surface area (Å²) in [5.74, 6) is -1.03. The number of benzene rings is 1. The molecule has 0 bridgehead atoms. The lowest BCUT2D eigenvalue weighted by Crippen LogP contribution is -2.19. The molecular formula is C11H7ClN2O3. The van der Waals surface area contributed by atoms with Crippen LogP contribution in [0.1, 0.15) is 10.4 Å². The van der Waals surface area contributed by atoms with Gasteiger partial charge in [-0.3, -0.25) is 4.79 Å². The van der Waals surface area contributed by atoms with Crippen LogP contribution in [0.3, 0.4) is 0 Å². The summed E-state index contributed by atoms with van der Waals surface area (Å²) in [6, 6.07) is 8.47. The number of carboxylic acids is 1. The summed E-state index contributed by atoms with van der Waals surface area (Å²) < 4.78 is 1.11. The fourth-order valence-corrected chi connectivity index (χ4v) is 1.46. The third-order valence-corrected chi connectivity index (χ3v) is 2.33. The van der Waals surface area contributed by atoms with Crippen molar-refractivity contribution in [2.24, 2.45) is 0 Å². The Morgan fingerprint density at radius 3 is 2.41 bits per heavy atom. The number of nitrogens with zero attached hydrogens (tertiary/aromatic N) is 2. The third kappa shape index (κ3) is 2.34. The maximum Gasteiger partial charge on any atom is 0.335 e. The maximum absolute atomic E-state index is 11.5. The van der Waals surface area contributed by atoms with E-state index in [2.05, 4.69) is 5.10 Å². The molecule has 86 valence electrons. The summed E-state index contributed by atoms with van der Waals surface area (Å²) in [4.78, 5) is 22.2. The predicted octanol–water partition coefficient (Wildman–Crippen LogP) is 1.58. The molecule has 17 heavy (non-hydrogen) atoms. The molecule has 1 N–H and O–H groups in total. The maximum atomic E-state index is 11.5. The lowest BCUT2D eigenvalue weighted by molar-refractivity contribution is 0.0697. The van der Waals surface area contributed by atoms with Gasteiger partial charge in [-0.15, -0.1) is 0 Å². The largest absolute Gasteiger partial charge is 0.478 e. The molecule has 1 heterocycles. The molecule has 0 atom stereocenters. The van der Waals surface area contributed by atoms with E-state index in [0.29, 0.717) is 5.69 Å². The molecule has 2 rings (SSSR count). The Bertz CT molecular complexity index is 619. The summed E-state index contributed by atoms with van der Waals surface area (Å²) >= 11 is 5.68. The number of rotatable bonds is 2. The van der Waals surface area contributed by atoms with E-state index in [1.165, 1.54) is 36.4 Å². The van der Waals surface area contributed by atoms with Crippen LogP contribution in [0.25, 0.3) is 5.69 Å². The monoisotopic (exact) mass is 250 g/mol. The van der Waals surface area contributed by atoms with E-state index in [1.807, 2.05) is 0 Å². The molecule has 0 aliphatic rings. The normalized spacial score (nSPS) is 10.2. The molecule has 5 nitrogen and oxygen atoms in total. The summed E-state index contributed by atoms with van der Waals surface area (Å²) in [7, 11) is 0. The van der Waals surface area contributed by atoms with Gasteiger partial charge in [0.2, 0.25) is 0 Å². The van der Waals surface area contributed by atoms with Gasteiger partial charge in [0.05, 0.1) is 11.3 Å². The van der Waals surface area contributed by atoms with Crippen molar-refractivity contribution in [2.45, 2.75) is 0 Å². The van der Waals surface area contributed by atoms with E-state index < -0.39 is 5.97 Å². The van der Waals surface area contributed by atoms with Crippen LogP contribution in [0.15, 0.2) is 41.2 Å². The minimum absolute atomic E-state index is 0.142. The van der Waals surface area contributed by atoms with Gasteiger partial charge in [0.25, 0.3) is 5.56 Å². The highest BCUT2D eigenvalue weighted by Crippen LogP contribution is 2.08. The fraction of sp³-hybridized carbons (Fsp3) is 0.